The largest absolute Gasteiger partial charge is 0.392 e. The Morgan fingerprint density at radius 1 is 1.30 bits per heavy atom. The fourth-order valence-electron chi connectivity index (χ4n) is 5.09. The first-order valence-corrected chi connectivity index (χ1v) is 11.6. The van der Waals surface area contributed by atoms with Crippen molar-refractivity contribution in [3.05, 3.63) is 23.8 Å². The molecule has 0 aromatic rings. The number of carbonyl (C=O) groups excluding carboxylic acids is 1. The molecule has 0 aromatic carbocycles. The lowest BCUT2D eigenvalue weighted by atomic mass is 9.89. The van der Waals surface area contributed by atoms with Crippen molar-refractivity contribution in [1.29, 1.82) is 0 Å². The lowest BCUT2D eigenvalue weighted by molar-refractivity contribution is -0.125. The van der Waals surface area contributed by atoms with Crippen molar-refractivity contribution in [3.63, 3.8) is 0 Å². The van der Waals surface area contributed by atoms with E-state index in [1.165, 1.54) is 18.4 Å². The second kappa shape index (κ2) is 9.62. The van der Waals surface area contributed by atoms with Gasteiger partial charge in [0.1, 0.15) is 0 Å². The van der Waals surface area contributed by atoms with Crippen molar-refractivity contribution in [2.75, 3.05) is 25.6 Å². The fraction of sp³-hybridized carbons (Fsp3) is 0.773. The summed E-state index contributed by atoms with van der Waals surface area (Å²) in [7, 11) is 3.59. The lowest BCUT2D eigenvalue weighted by Gasteiger charge is -2.19. The molecule has 152 valence electrons. The average Bonchev–Trinajstić information content (AvgIpc) is 3.33. The average molecular weight is 394 g/mol. The Balaban J connectivity index is 1.49. The summed E-state index contributed by atoms with van der Waals surface area (Å²) in [5.41, 5.74) is 1.48. The zero-order valence-electron chi connectivity index (χ0n) is 16.7. The Labute approximate surface area is 168 Å². The first kappa shape index (κ1) is 20.9. The van der Waals surface area contributed by atoms with Crippen LogP contribution in [0.1, 0.15) is 44.9 Å². The van der Waals surface area contributed by atoms with Gasteiger partial charge in [0.05, 0.1) is 18.0 Å². The maximum atomic E-state index is 11.6. The number of fused-ring (bicyclic) bond motifs is 1. The number of amides is 1. The zero-order valence-corrected chi connectivity index (χ0v) is 17.5. The van der Waals surface area contributed by atoms with Gasteiger partial charge in [0.15, 0.2) is 0 Å². The fourth-order valence-corrected chi connectivity index (χ4v) is 5.99. The van der Waals surface area contributed by atoms with Crippen LogP contribution in [0.15, 0.2) is 23.8 Å². The molecule has 0 bridgehead atoms. The van der Waals surface area contributed by atoms with E-state index in [1.807, 2.05) is 6.08 Å². The molecule has 1 amide bonds. The Hall–Kier alpha value is -0.780. The molecule has 3 saturated carbocycles. The number of hydrogen-bond donors (Lipinski definition) is 2. The van der Waals surface area contributed by atoms with Crippen LogP contribution in [0.25, 0.3) is 0 Å². The van der Waals surface area contributed by atoms with Crippen molar-refractivity contribution in [3.8, 4) is 0 Å². The highest BCUT2D eigenvalue weighted by atomic mass is 32.2. The standard InChI is InChI=1S/C22H35NO3S/c1-23(2)22(26)14-27-10-9-15-11-17-13-21(25)18(19(17)12-15)7-8-20(24)16-5-3-4-6-16/h7-9,16-21,24-25H,3-6,10-14H2,1-2H3/b8-7+,15-9+/t17-,18+,19-,20+,21+/m0/s1. The topological polar surface area (TPSA) is 60.8 Å². The molecular weight excluding hydrogens is 358 g/mol. The van der Waals surface area contributed by atoms with Crippen molar-refractivity contribution in [1.82, 2.24) is 4.90 Å². The normalized spacial score (nSPS) is 33.9. The summed E-state index contributed by atoms with van der Waals surface area (Å²) in [6.07, 6.45) is 13.5. The Morgan fingerprint density at radius 2 is 2.04 bits per heavy atom. The van der Waals surface area contributed by atoms with Crippen LogP contribution in [-0.2, 0) is 4.79 Å². The monoisotopic (exact) mass is 393 g/mol. The number of nitrogens with zero attached hydrogens (tertiary/aromatic N) is 1. The summed E-state index contributed by atoms with van der Waals surface area (Å²) < 4.78 is 0. The molecule has 5 heteroatoms. The van der Waals surface area contributed by atoms with Crippen LogP contribution in [0, 0.1) is 23.7 Å². The lowest BCUT2D eigenvalue weighted by Crippen LogP contribution is -2.23. The third kappa shape index (κ3) is 5.39. The van der Waals surface area contributed by atoms with Gasteiger partial charge in [-0.2, -0.15) is 0 Å². The second-order valence-electron chi connectivity index (χ2n) is 8.80. The van der Waals surface area contributed by atoms with Gasteiger partial charge in [0.25, 0.3) is 0 Å². The van der Waals surface area contributed by atoms with Crippen LogP contribution in [-0.4, -0.2) is 58.8 Å². The quantitative estimate of drug-likeness (QED) is 0.515. The van der Waals surface area contributed by atoms with Crippen LogP contribution in [0.5, 0.6) is 0 Å². The molecule has 5 atom stereocenters. The molecule has 0 aromatic heterocycles. The van der Waals surface area contributed by atoms with Gasteiger partial charge in [-0.15, -0.1) is 11.8 Å². The summed E-state index contributed by atoms with van der Waals surface area (Å²) >= 11 is 1.67. The zero-order chi connectivity index (χ0) is 19.4. The van der Waals surface area contributed by atoms with Crippen LogP contribution >= 0.6 is 11.8 Å². The van der Waals surface area contributed by atoms with Crippen LogP contribution in [0.4, 0.5) is 0 Å². The highest BCUT2D eigenvalue weighted by Crippen LogP contribution is 2.50. The Kier molecular flexibility index (Phi) is 7.46. The minimum absolute atomic E-state index is 0.163. The third-order valence-corrected chi connectivity index (χ3v) is 7.59. The molecule has 3 rings (SSSR count). The summed E-state index contributed by atoms with van der Waals surface area (Å²) in [6, 6.07) is 0. The molecular formula is C22H35NO3S. The number of aliphatic hydroxyl groups excluding tert-OH is 2. The van der Waals surface area contributed by atoms with E-state index in [0.29, 0.717) is 23.5 Å². The minimum Gasteiger partial charge on any atom is -0.392 e. The smallest absolute Gasteiger partial charge is 0.232 e. The third-order valence-electron chi connectivity index (χ3n) is 6.74. The van der Waals surface area contributed by atoms with Crippen LogP contribution in [0.2, 0.25) is 0 Å². The summed E-state index contributed by atoms with van der Waals surface area (Å²) in [5, 5.41) is 20.9. The van der Waals surface area contributed by atoms with E-state index in [2.05, 4.69) is 12.2 Å². The number of carbonyl (C=O) groups is 1. The van der Waals surface area contributed by atoms with E-state index < -0.39 is 0 Å². The maximum absolute atomic E-state index is 11.6. The van der Waals surface area contributed by atoms with E-state index >= 15 is 0 Å². The predicted octanol–water partition coefficient (Wildman–Crippen LogP) is 3.25. The Bertz CT molecular complexity index is 568. The van der Waals surface area contributed by atoms with E-state index in [4.69, 9.17) is 0 Å². The van der Waals surface area contributed by atoms with E-state index in [0.717, 1.165) is 37.9 Å². The number of allylic oxidation sites excluding steroid dienone is 1. The van der Waals surface area contributed by atoms with Crippen molar-refractivity contribution < 1.29 is 15.0 Å². The minimum atomic E-state index is -0.346. The molecule has 0 radical (unpaired) electrons. The molecule has 3 aliphatic carbocycles. The van der Waals surface area contributed by atoms with Crippen molar-refractivity contribution in [2.24, 2.45) is 23.7 Å². The summed E-state index contributed by atoms with van der Waals surface area (Å²) in [4.78, 5) is 13.3. The van der Waals surface area contributed by atoms with Crippen LogP contribution < -0.4 is 0 Å². The van der Waals surface area contributed by atoms with Crippen LogP contribution in [0.3, 0.4) is 0 Å². The van der Waals surface area contributed by atoms with Gasteiger partial charge in [-0.05, 0) is 49.9 Å². The SMILES string of the molecule is CN(C)C(=O)CSC/C=C1\C[C@H]2C[C@@H](O)[C@H](/C=C/[C@@H](O)C3CCCC3)[C@H]2C1. The first-order valence-electron chi connectivity index (χ1n) is 10.5. The van der Waals surface area contributed by atoms with Crippen molar-refractivity contribution >= 4 is 17.7 Å². The molecule has 0 saturated heterocycles. The molecule has 0 spiro atoms. The van der Waals surface area contributed by atoms with Gasteiger partial charge in [0.2, 0.25) is 5.91 Å². The molecule has 0 aliphatic heterocycles. The van der Waals surface area contributed by atoms with E-state index in [1.54, 1.807) is 30.8 Å². The van der Waals surface area contributed by atoms with Gasteiger partial charge >= 0.3 is 0 Å². The first-order chi connectivity index (χ1) is 13.0. The van der Waals surface area contributed by atoms with Gasteiger partial charge in [0, 0.05) is 25.8 Å². The molecule has 3 fully saturated rings. The van der Waals surface area contributed by atoms with Gasteiger partial charge < -0.3 is 15.1 Å². The van der Waals surface area contributed by atoms with Gasteiger partial charge in [-0.25, -0.2) is 0 Å². The Morgan fingerprint density at radius 3 is 2.74 bits per heavy atom. The van der Waals surface area contributed by atoms with Gasteiger partial charge in [-0.3, -0.25) is 4.79 Å². The highest BCUT2D eigenvalue weighted by Gasteiger charge is 2.45. The maximum Gasteiger partial charge on any atom is 0.232 e. The number of thioether (sulfide) groups is 1. The molecule has 0 heterocycles. The van der Waals surface area contributed by atoms with E-state index in [9.17, 15) is 15.0 Å². The molecule has 2 N–H and O–H groups in total. The number of aliphatic hydroxyl groups is 2. The van der Waals surface area contributed by atoms with E-state index in [-0.39, 0.29) is 24.0 Å². The summed E-state index contributed by atoms with van der Waals surface area (Å²) in [6.45, 7) is 0. The molecule has 27 heavy (non-hydrogen) atoms. The molecule has 3 aliphatic rings. The summed E-state index contributed by atoms with van der Waals surface area (Å²) in [5.74, 6) is 3.25. The molecule has 0 unspecified atom stereocenters. The number of rotatable bonds is 7. The number of hydrogen-bond acceptors (Lipinski definition) is 4. The predicted molar refractivity (Wildman–Crippen MR) is 112 cm³/mol. The van der Waals surface area contributed by atoms with Crippen molar-refractivity contribution in [2.45, 2.75) is 57.2 Å². The molecule has 4 nitrogen and oxygen atoms in total. The highest BCUT2D eigenvalue weighted by molar-refractivity contribution is 8.00. The second-order valence-corrected chi connectivity index (χ2v) is 9.83. The van der Waals surface area contributed by atoms with Gasteiger partial charge in [-0.1, -0.05) is 36.6 Å².